The van der Waals surface area contributed by atoms with Gasteiger partial charge in [0.25, 0.3) is 0 Å². The van der Waals surface area contributed by atoms with E-state index in [9.17, 15) is 8.78 Å². The van der Waals surface area contributed by atoms with Gasteiger partial charge in [-0.05, 0) is 54.1 Å². The molecule has 9 heteroatoms. The topological polar surface area (TPSA) is 83.9 Å². The number of hydrogen-bond donors (Lipinski definition) is 2. The molecule has 0 radical (unpaired) electrons. The maximum absolute atomic E-state index is 13.5. The van der Waals surface area contributed by atoms with E-state index in [-0.39, 0.29) is 11.6 Å². The Labute approximate surface area is 203 Å². The molecule has 0 aliphatic carbocycles. The largest absolute Gasteiger partial charge is 0.379 e. The number of benzene rings is 2. The number of nitrogens with two attached hydrogens (primary N) is 2. The van der Waals surface area contributed by atoms with Crippen molar-refractivity contribution in [1.29, 1.82) is 0 Å². The van der Waals surface area contributed by atoms with Crippen LogP contribution in [0, 0.1) is 11.6 Å². The molecule has 35 heavy (non-hydrogen) atoms. The van der Waals surface area contributed by atoms with Crippen LogP contribution in [-0.2, 0) is 11.3 Å². The van der Waals surface area contributed by atoms with Crippen molar-refractivity contribution in [1.82, 2.24) is 14.8 Å². The van der Waals surface area contributed by atoms with Gasteiger partial charge in [0.05, 0.1) is 30.3 Å². The number of ether oxygens (including phenoxy) is 1. The van der Waals surface area contributed by atoms with Crippen molar-refractivity contribution in [3.63, 3.8) is 0 Å². The number of pyridine rings is 1. The molecule has 1 aromatic heterocycles. The maximum atomic E-state index is 13.5. The van der Waals surface area contributed by atoms with E-state index in [0.29, 0.717) is 24.5 Å². The van der Waals surface area contributed by atoms with Gasteiger partial charge in [-0.15, -0.1) is 0 Å². The van der Waals surface area contributed by atoms with Crippen LogP contribution in [0.15, 0.2) is 60.7 Å². The third-order valence-corrected chi connectivity index (χ3v) is 6.69. The lowest BCUT2D eigenvalue weighted by Gasteiger charge is -2.47. The van der Waals surface area contributed by atoms with Crippen molar-refractivity contribution in [3.8, 4) is 11.3 Å². The van der Waals surface area contributed by atoms with Crippen molar-refractivity contribution < 1.29 is 13.5 Å². The summed E-state index contributed by atoms with van der Waals surface area (Å²) in [6.45, 7) is 5.14. The first-order valence-electron chi connectivity index (χ1n) is 11.8. The highest BCUT2D eigenvalue weighted by atomic mass is 19.1. The van der Waals surface area contributed by atoms with Crippen molar-refractivity contribution in [2.24, 2.45) is 11.5 Å². The third-order valence-electron chi connectivity index (χ3n) is 6.69. The van der Waals surface area contributed by atoms with Gasteiger partial charge in [0.2, 0.25) is 0 Å². The predicted octanol–water partition coefficient (Wildman–Crippen LogP) is 2.88. The molecule has 4 N–H and O–H groups in total. The summed E-state index contributed by atoms with van der Waals surface area (Å²) in [4.78, 5) is 11.3. The number of hydrogen-bond acceptors (Lipinski definition) is 7. The van der Waals surface area contributed by atoms with Crippen LogP contribution in [-0.4, -0.2) is 60.5 Å². The number of rotatable bonds is 6. The molecule has 0 saturated carbocycles. The van der Waals surface area contributed by atoms with Gasteiger partial charge in [0.1, 0.15) is 24.1 Å². The Kier molecular flexibility index (Phi) is 7.03. The first-order valence-corrected chi connectivity index (χ1v) is 11.8. The van der Waals surface area contributed by atoms with Gasteiger partial charge in [0.15, 0.2) is 0 Å². The van der Waals surface area contributed by atoms with Crippen molar-refractivity contribution in [2.45, 2.75) is 19.0 Å². The average molecular weight is 481 g/mol. The van der Waals surface area contributed by atoms with Gasteiger partial charge in [-0.3, -0.25) is 10.6 Å². The van der Waals surface area contributed by atoms with Gasteiger partial charge in [-0.2, -0.15) is 0 Å². The molecule has 1 saturated heterocycles. The number of fused-ring (bicyclic) bond motifs is 1. The summed E-state index contributed by atoms with van der Waals surface area (Å²) in [5.74, 6) is -0.578. The number of nitrogens with zero attached hydrogens (tertiary/aromatic N) is 4. The minimum Gasteiger partial charge on any atom is -0.379 e. The Morgan fingerprint density at radius 1 is 0.857 bits per heavy atom. The fourth-order valence-electron chi connectivity index (χ4n) is 4.67. The van der Waals surface area contributed by atoms with E-state index in [4.69, 9.17) is 21.2 Å². The van der Waals surface area contributed by atoms with Crippen LogP contribution in [0.4, 0.5) is 14.5 Å². The molecule has 0 amide bonds. The zero-order chi connectivity index (χ0) is 24.4. The quantitative estimate of drug-likeness (QED) is 0.561. The van der Waals surface area contributed by atoms with Crippen molar-refractivity contribution in [3.05, 3.63) is 83.6 Å². The number of aromatic nitrogens is 1. The molecule has 2 aliphatic heterocycles. The minimum atomic E-state index is -0.508. The molecule has 3 heterocycles. The zero-order valence-electron chi connectivity index (χ0n) is 19.5. The Bertz CT molecular complexity index is 1140. The molecular formula is C26H30F2N6O. The highest BCUT2D eigenvalue weighted by molar-refractivity contribution is 5.65. The summed E-state index contributed by atoms with van der Waals surface area (Å²) < 4.78 is 32.4. The van der Waals surface area contributed by atoms with Crippen LogP contribution in [0.3, 0.4) is 0 Å². The van der Waals surface area contributed by atoms with E-state index in [2.05, 4.69) is 4.90 Å². The molecule has 2 atom stereocenters. The summed E-state index contributed by atoms with van der Waals surface area (Å²) >= 11 is 0. The van der Waals surface area contributed by atoms with Crippen LogP contribution < -0.4 is 16.4 Å². The lowest BCUT2D eigenvalue weighted by Crippen LogP contribution is -2.61. The fourth-order valence-corrected chi connectivity index (χ4v) is 4.67. The Balaban J connectivity index is 1.47. The normalized spacial score (nSPS) is 21.2. The molecule has 5 rings (SSSR count). The Morgan fingerprint density at radius 2 is 1.51 bits per heavy atom. The van der Waals surface area contributed by atoms with E-state index < -0.39 is 12.5 Å². The number of morpholine rings is 1. The monoisotopic (exact) mass is 480 g/mol. The van der Waals surface area contributed by atoms with Crippen LogP contribution >= 0.6 is 0 Å². The average Bonchev–Trinajstić information content (AvgIpc) is 2.88. The zero-order valence-corrected chi connectivity index (χ0v) is 19.5. The fraction of sp³-hybridized carbons (Fsp3) is 0.346. The predicted molar refractivity (Wildman–Crippen MR) is 131 cm³/mol. The first-order chi connectivity index (χ1) is 17.0. The number of anilines is 1. The van der Waals surface area contributed by atoms with E-state index >= 15 is 0 Å². The highest BCUT2D eigenvalue weighted by Gasteiger charge is 2.37. The van der Waals surface area contributed by atoms with E-state index in [1.54, 1.807) is 24.3 Å². The summed E-state index contributed by atoms with van der Waals surface area (Å²) in [6.07, 6.45) is -0.993. The van der Waals surface area contributed by atoms with Crippen LogP contribution in [0.25, 0.3) is 11.3 Å². The molecule has 3 aromatic rings. The third kappa shape index (κ3) is 5.19. The molecule has 0 spiro atoms. The van der Waals surface area contributed by atoms with Gasteiger partial charge in [0, 0.05) is 38.3 Å². The van der Waals surface area contributed by atoms with Gasteiger partial charge < -0.3 is 15.4 Å². The summed E-state index contributed by atoms with van der Waals surface area (Å²) in [7, 11) is 0. The summed E-state index contributed by atoms with van der Waals surface area (Å²) in [5, 5.41) is 0. The Hall–Kier alpha value is -2.95. The second kappa shape index (κ2) is 10.3. The lowest BCUT2D eigenvalue weighted by atomic mass is 10.1. The Morgan fingerprint density at radius 3 is 2.20 bits per heavy atom. The van der Waals surface area contributed by atoms with Gasteiger partial charge in [-0.25, -0.2) is 18.7 Å². The summed E-state index contributed by atoms with van der Waals surface area (Å²) in [5.41, 5.74) is 17.5. The molecule has 2 aliphatic rings. The van der Waals surface area contributed by atoms with E-state index in [1.807, 2.05) is 21.9 Å². The summed E-state index contributed by atoms with van der Waals surface area (Å²) in [6, 6.07) is 16.5. The lowest BCUT2D eigenvalue weighted by molar-refractivity contribution is 0.0245. The van der Waals surface area contributed by atoms with Gasteiger partial charge in [-0.1, -0.05) is 12.1 Å². The first kappa shape index (κ1) is 23.8. The SMILES string of the molecule is NC1c2nc(-c3ccc(F)cc3)ccc2N(Cc2ccc(F)cc2)C(N)N1CCN1CCOCC1. The molecule has 1 fully saturated rings. The van der Waals surface area contributed by atoms with Crippen LogP contribution in [0.5, 0.6) is 0 Å². The molecule has 2 unspecified atom stereocenters. The van der Waals surface area contributed by atoms with E-state index in [1.165, 1.54) is 24.3 Å². The smallest absolute Gasteiger partial charge is 0.136 e. The minimum absolute atomic E-state index is 0.281. The second-order valence-electron chi connectivity index (χ2n) is 8.91. The van der Waals surface area contributed by atoms with E-state index in [0.717, 1.165) is 49.7 Å². The van der Waals surface area contributed by atoms with Crippen molar-refractivity contribution in [2.75, 3.05) is 44.3 Å². The second-order valence-corrected chi connectivity index (χ2v) is 8.91. The molecule has 184 valence electrons. The number of halogens is 2. The van der Waals surface area contributed by atoms with Crippen molar-refractivity contribution >= 4 is 5.69 Å². The van der Waals surface area contributed by atoms with Gasteiger partial charge >= 0.3 is 0 Å². The standard InChI is InChI=1S/C26H30F2N6O/c27-20-5-1-18(2-6-20)17-34-23-10-9-22(19-3-7-21(28)8-4-19)31-24(23)25(29)33(26(34)30)12-11-32-13-15-35-16-14-32/h1-10,25-26H,11-17,29-30H2. The highest BCUT2D eigenvalue weighted by Crippen LogP contribution is 2.36. The molecule has 2 aromatic carbocycles. The maximum Gasteiger partial charge on any atom is 0.136 e. The van der Waals surface area contributed by atoms with Crippen LogP contribution in [0.2, 0.25) is 0 Å². The van der Waals surface area contributed by atoms with Crippen LogP contribution in [0.1, 0.15) is 17.4 Å². The molecule has 0 bridgehead atoms. The molecular weight excluding hydrogens is 450 g/mol. The molecule has 7 nitrogen and oxygen atoms in total.